The van der Waals surface area contributed by atoms with Crippen LogP contribution in [0.1, 0.15) is 60.5 Å². The van der Waals surface area contributed by atoms with Gasteiger partial charge in [0.1, 0.15) is 5.66 Å². The summed E-state index contributed by atoms with van der Waals surface area (Å²) < 4.78 is 0. The lowest BCUT2D eigenvalue weighted by Crippen LogP contribution is -2.62. The standard InChI is InChI=1S/C25H27N3O3/c1-25-15-13-23(30)28(25)21-12-5-4-10-19(21)24(31)27(25)16-14-22(29)26-20-11-6-8-17-7-2-3-9-18(17)20/h4-6,8,10-12H,2-3,7,9,13-16H2,1H3,(H,26,29)/t25-/m1/s1. The molecule has 0 spiro atoms. The molecule has 1 atom stereocenters. The third kappa shape index (κ3) is 3.21. The van der Waals surface area contributed by atoms with Gasteiger partial charge in [0, 0.05) is 25.1 Å². The minimum absolute atomic E-state index is 0.0211. The molecule has 0 radical (unpaired) electrons. The SMILES string of the molecule is C[C@]12CCC(=O)N1c1ccccc1C(=O)N2CCC(=O)Nc1cccc2c1CCCC2. The third-order valence-electron chi connectivity index (χ3n) is 6.98. The van der Waals surface area contributed by atoms with Gasteiger partial charge in [-0.2, -0.15) is 0 Å². The van der Waals surface area contributed by atoms with E-state index in [0.717, 1.165) is 24.9 Å². The van der Waals surface area contributed by atoms with E-state index in [1.54, 1.807) is 15.9 Å². The molecule has 0 unspecified atom stereocenters. The molecule has 2 heterocycles. The predicted molar refractivity (Wildman–Crippen MR) is 119 cm³/mol. The van der Waals surface area contributed by atoms with Crippen LogP contribution in [0.2, 0.25) is 0 Å². The highest BCUT2D eigenvalue weighted by molar-refractivity contribution is 6.10. The average molecular weight is 418 g/mol. The van der Waals surface area contributed by atoms with Crippen molar-refractivity contribution in [2.45, 2.75) is 57.5 Å². The monoisotopic (exact) mass is 417 g/mol. The maximum absolute atomic E-state index is 13.3. The number of hydrogen-bond acceptors (Lipinski definition) is 3. The quantitative estimate of drug-likeness (QED) is 0.820. The molecule has 1 saturated heterocycles. The molecule has 3 aliphatic rings. The van der Waals surface area contributed by atoms with Gasteiger partial charge in [0.25, 0.3) is 5.91 Å². The molecule has 160 valence electrons. The number of anilines is 2. The van der Waals surface area contributed by atoms with E-state index in [1.807, 2.05) is 37.3 Å². The summed E-state index contributed by atoms with van der Waals surface area (Å²) in [6, 6.07) is 13.3. The predicted octanol–water partition coefficient (Wildman–Crippen LogP) is 3.89. The topological polar surface area (TPSA) is 69.7 Å². The van der Waals surface area contributed by atoms with Gasteiger partial charge in [0.05, 0.1) is 11.3 Å². The zero-order valence-electron chi connectivity index (χ0n) is 17.8. The zero-order chi connectivity index (χ0) is 21.6. The molecular weight excluding hydrogens is 390 g/mol. The number of carbonyl (C=O) groups excluding carboxylic acids is 3. The highest BCUT2D eigenvalue weighted by atomic mass is 16.2. The summed E-state index contributed by atoms with van der Waals surface area (Å²) in [4.78, 5) is 42.2. The lowest BCUT2D eigenvalue weighted by molar-refractivity contribution is -0.117. The van der Waals surface area contributed by atoms with Crippen molar-refractivity contribution in [2.75, 3.05) is 16.8 Å². The number of para-hydroxylation sites is 1. The molecule has 2 aromatic rings. The first-order valence-corrected chi connectivity index (χ1v) is 11.1. The first kappa shape index (κ1) is 19.8. The molecule has 0 aromatic heterocycles. The Hall–Kier alpha value is -3.15. The zero-order valence-corrected chi connectivity index (χ0v) is 17.8. The molecule has 0 saturated carbocycles. The van der Waals surface area contributed by atoms with E-state index in [1.165, 1.54) is 17.5 Å². The van der Waals surface area contributed by atoms with Crippen molar-refractivity contribution >= 4 is 29.1 Å². The van der Waals surface area contributed by atoms with Crippen LogP contribution in [0.3, 0.4) is 0 Å². The van der Waals surface area contributed by atoms with Crippen LogP contribution in [0.5, 0.6) is 0 Å². The van der Waals surface area contributed by atoms with E-state index in [2.05, 4.69) is 11.4 Å². The smallest absolute Gasteiger partial charge is 0.257 e. The normalized spacial score (nSPS) is 22.1. The average Bonchev–Trinajstić information content (AvgIpc) is 3.09. The molecular formula is C25H27N3O3. The number of nitrogens with zero attached hydrogens (tertiary/aromatic N) is 2. The van der Waals surface area contributed by atoms with Crippen LogP contribution in [-0.4, -0.2) is 34.8 Å². The van der Waals surface area contributed by atoms with Crippen LogP contribution in [0.4, 0.5) is 11.4 Å². The molecule has 2 aliphatic heterocycles. The summed E-state index contributed by atoms with van der Waals surface area (Å²) in [6.45, 7) is 2.20. The van der Waals surface area contributed by atoms with Crippen molar-refractivity contribution in [3.8, 4) is 0 Å². The number of nitrogens with one attached hydrogen (secondary N) is 1. The third-order valence-corrected chi connectivity index (χ3v) is 6.98. The van der Waals surface area contributed by atoms with Gasteiger partial charge in [-0.15, -0.1) is 0 Å². The van der Waals surface area contributed by atoms with Crippen molar-refractivity contribution in [1.29, 1.82) is 0 Å². The Balaban J connectivity index is 1.35. The van der Waals surface area contributed by atoms with E-state index in [9.17, 15) is 14.4 Å². The Morgan fingerprint density at radius 2 is 1.84 bits per heavy atom. The minimum atomic E-state index is -0.727. The molecule has 2 aromatic carbocycles. The van der Waals surface area contributed by atoms with E-state index >= 15 is 0 Å². The van der Waals surface area contributed by atoms with E-state index in [4.69, 9.17) is 0 Å². The second kappa shape index (κ2) is 7.52. The summed E-state index contributed by atoms with van der Waals surface area (Å²) in [7, 11) is 0. The van der Waals surface area contributed by atoms with Crippen LogP contribution >= 0.6 is 0 Å². The molecule has 0 bridgehead atoms. The van der Waals surface area contributed by atoms with E-state index in [0.29, 0.717) is 24.1 Å². The number of benzene rings is 2. The lowest BCUT2D eigenvalue weighted by atomic mass is 9.90. The molecule has 6 heteroatoms. The number of amides is 3. The number of aryl methyl sites for hydroxylation is 1. The first-order chi connectivity index (χ1) is 15.0. The number of rotatable bonds is 4. The van der Waals surface area contributed by atoms with Gasteiger partial charge in [0.2, 0.25) is 11.8 Å². The fraction of sp³-hybridized carbons (Fsp3) is 0.400. The molecule has 31 heavy (non-hydrogen) atoms. The Morgan fingerprint density at radius 1 is 1.03 bits per heavy atom. The second-order valence-electron chi connectivity index (χ2n) is 8.87. The highest BCUT2D eigenvalue weighted by Gasteiger charge is 2.52. The van der Waals surface area contributed by atoms with Crippen molar-refractivity contribution in [3.63, 3.8) is 0 Å². The fourth-order valence-corrected chi connectivity index (χ4v) is 5.37. The Kier molecular flexibility index (Phi) is 4.80. The Labute approximate surface area is 182 Å². The van der Waals surface area contributed by atoms with Gasteiger partial charge in [0.15, 0.2) is 0 Å². The summed E-state index contributed by atoms with van der Waals surface area (Å²) >= 11 is 0. The van der Waals surface area contributed by atoms with Crippen LogP contribution in [0.15, 0.2) is 42.5 Å². The van der Waals surface area contributed by atoms with Gasteiger partial charge < -0.3 is 10.2 Å². The molecule has 5 rings (SSSR count). The largest absolute Gasteiger partial charge is 0.326 e. The summed E-state index contributed by atoms with van der Waals surface area (Å²) in [5.74, 6) is -0.202. The molecule has 1 N–H and O–H groups in total. The second-order valence-corrected chi connectivity index (χ2v) is 8.87. The molecule has 1 fully saturated rings. The van der Waals surface area contributed by atoms with Gasteiger partial charge >= 0.3 is 0 Å². The van der Waals surface area contributed by atoms with E-state index in [-0.39, 0.29) is 30.7 Å². The van der Waals surface area contributed by atoms with Crippen molar-refractivity contribution in [3.05, 3.63) is 59.2 Å². The number of carbonyl (C=O) groups is 3. The Morgan fingerprint density at radius 3 is 2.71 bits per heavy atom. The fourth-order valence-electron chi connectivity index (χ4n) is 5.37. The van der Waals surface area contributed by atoms with Crippen LogP contribution in [0.25, 0.3) is 0 Å². The van der Waals surface area contributed by atoms with Crippen LogP contribution in [0, 0.1) is 0 Å². The maximum Gasteiger partial charge on any atom is 0.257 e. The molecule has 6 nitrogen and oxygen atoms in total. The summed E-state index contributed by atoms with van der Waals surface area (Å²) in [5, 5.41) is 3.07. The van der Waals surface area contributed by atoms with Crippen LogP contribution < -0.4 is 10.2 Å². The summed E-state index contributed by atoms with van der Waals surface area (Å²) in [6.07, 6.45) is 5.54. The maximum atomic E-state index is 13.3. The Bertz CT molecular complexity index is 1080. The first-order valence-electron chi connectivity index (χ1n) is 11.1. The van der Waals surface area contributed by atoms with Gasteiger partial charge in [-0.1, -0.05) is 24.3 Å². The number of fused-ring (bicyclic) bond motifs is 4. The highest BCUT2D eigenvalue weighted by Crippen LogP contribution is 2.44. The van der Waals surface area contributed by atoms with Crippen molar-refractivity contribution < 1.29 is 14.4 Å². The number of hydrogen-bond donors (Lipinski definition) is 1. The van der Waals surface area contributed by atoms with Crippen LogP contribution in [-0.2, 0) is 22.4 Å². The van der Waals surface area contributed by atoms with Gasteiger partial charge in [-0.3, -0.25) is 19.3 Å². The minimum Gasteiger partial charge on any atom is -0.326 e. The summed E-state index contributed by atoms with van der Waals surface area (Å²) in [5.41, 5.74) is 3.92. The van der Waals surface area contributed by atoms with Crippen molar-refractivity contribution in [1.82, 2.24) is 4.90 Å². The molecule has 1 aliphatic carbocycles. The van der Waals surface area contributed by atoms with Gasteiger partial charge in [-0.05, 0) is 68.4 Å². The molecule has 3 amide bonds. The van der Waals surface area contributed by atoms with Crippen molar-refractivity contribution in [2.24, 2.45) is 0 Å². The van der Waals surface area contributed by atoms with E-state index < -0.39 is 5.66 Å². The lowest BCUT2D eigenvalue weighted by Gasteiger charge is -2.48. The van der Waals surface area contributed by atoms with Gasteiger partial charge in [-0.25, -0.2) is 0 Å².